The molecule has 14 heteroatoms. The maximum Gasteiger partial charge on any atom is 0.243 e. The highest BCUT2D eigenvalue weighted by atomic mass is 16.3. The van der Waals surface area contributed by atoms with E-state index in [2.05, 4.69) is 21.3 Å². The first-order chi connectivity index (χ1) is 22.9. The average molecular weight is 660 g/mol. The number of carbonyl (C=O) groups is 5. The number of hydrogen-bond donors (Lipinski definition) is 9. The lowest BCUT2D eigenvalue weighted by Gasteiger charge is -2.26. The standard InChI is InChI=1S/C34H41N7O7/c35-12-2-5-26-33(47)41-28(34(48)40-27(32(46)38-18-30(37)44)14-19-6-9-24(42)10-7-19)15-20-3-1-4-21(13-20)22-8-11-29(43)23(16-22)17-25(36)31(45)39-26/h1,3-4,6-11,13,16,25-28,42-43H,2,5,12,14-15,17-18,35-36H2,(H2,37,44)(H,38,46)(H,39,45)(H,40,48)(H,41,47)/t25-,26-,27-,28-/m0/s1. The molecule has 12 N–H and O–H groups in total. The van der Waals surface area contributed by atoms with Gasteiger partial charge in [0.1, 0.15) is 29.6 Å². The number of rotatable bonds is 10. The molecule has 0 fully saturated rings. The molecule has 4 atom stereocenters. The third-order valence-corrected chi connectivity index (χ3v) is 7.97. The molecule has 5 amide bonds. The number of hydrogen-bond acceptors (Lipinski definition) is 9. The summed E-state index contributed by atoms with van der Waals surface area (Å²) in [5.74, 6) is -3.48. The zero-order chi connectivity index (χ0) is 34.8. The lowest BCUT2D eigenvalue weighted by Crippen LogP contribution is -2.59. The second-order valence-corrected chi connectivity index (χ2v) is 11.7. The largest absolute Gasteiger partial charge is 0.508 e. The van der Waals surface area contributed by atoms with Gasteiger partial charge >= 0.3 is 0 Å². The van der Waals surface area contributed by atoms with Gasteiger partial charge in [0.25, 0.3) is 0 Å². The molecule has 1 aliphatic heterocycles. The quantitative estimate of drug-likeness (QED) is 0.132. The molecule has 0 aromatic heterocycles. The van der Waals surface area contributed by atoms with Crippen molar-refractivity contribution in [3.05, 3.63) is 83.4 Å². The van der Waals surface area contributed by atoms with Crippen LogP contribution in [0.5, 0.6) is 11.5 Å². The number of primary amides is 1. The van der Waals surface area contributed by atoms with Gasteiger partial charge in [-0.15, -0.1) is 0 Å². The van der Waals surface area contributed by atoms with Crippen molar-refractivity contribution in [2.75, 3.05) is 13.1 Å². The number of nitrogens with one attached hydrogen (secondary N) is 4. The molecule has 1 heterocycles. The number of benzene rings is 3. The maximum atomic E-state index is 14.0. The Balaban J connectivity index is 1.71. The summed E-state index contributed by atoms with van der Waals surface area (Å²) in [4.78, 5) is 65.3. The highest BCUT2D eigenvalue weighted by Gasteiger charge is 2.31. The van der Waals surface area contributed by atoms with E-state index in [0.29, 0.717) is 23.1 Å². The Kier molecular flexibility index (Phi) is 12.1. The minimum atomic E-state index is -1.22. The van der Waals surface area contributed by atoms with E-state index in [-0.39, 0.29) is 43.7 Å². The van der Waals surface area contributed by atoms with Crippen LogP contribution in [0.1, 0.15) is 29.5 Å². The number of carbonyl (C=O) groups excluding carboxylic acids is 5. The molecule has 0 saturated carbocycles. The first-order valence-corrected chi connectivity index (χ1v) is 15.6. The molecule has 3 aromatic rings. The molecule has 1 aliphatic rings. The van der Waals surface area contributed by atoms with Crippen LogP contribution < -0.4 is 38.5 Å². The summed E-state index contributed by atoms with van der Waals surface area (Å²) >= 11 is 0. The summed E-state index contributed by atoms with van der Waals surface area (Å²) < 4.78 is 0. The zero-order valence-electron chi connectivity index (χ0n) is 26.3. The van der Waals surface area contributed by atoms with Crippen molar-refractivity contribution in [3.8, 4) is 22.6 Å². The van der Waals surface area contributed by atoms with Gasteiger partial charge in [-0.25, -0.2) is 0 Å². The van der Waals surface area contributed by atoms with E-state index < -0.39 is 60.2 Å². The monoisotopic (exact) mass is 659 g/mol. The van der Waals surface area contributed by atoms with Gasteiger partial charge in [-0.3, -0.25) is 24.0 Å². The third-order valence-electron chi connectivity index (χ3n) is 7.97. The topological polar surface area (TPSA) is 252 Å². The molecule has 0 saturated heterocycles. The van der Waals surface area contributed by atoms with Crippen LogP contribution in [0.3, 0.4) is 0 Å². The molecule has 48 heavy (non-hydrogen) atoms. The number of aromatic hydroxyl groups is 2. The summed E-state index contributed by atoms with van der Waals surface area (Å²) in [5.41, 5.74) is 20.3. The van der Waals surface area contributed by atoms with Crippen LogP contribution in [-0.4, -0.2) is 77.0 Å². The molecular formula is C34H41N7O7. The van der Waals surface area contributed by atoms with E-state index in [1.54, 1.807) is 36.4 Å². The average Bonchev–Trinajstić information content (AvgIpc) is 3.06. The van der Waals surface area contributed by atoms with E-state index in [4.69, 9.17) is 17.2 Å². The predicted molar refractivity (Wildman–Crippen MR) is 177 cm³/mol. The minimum Gasteiger partial charge on any atom is -0.508 e. The van der Waals surface area contributed by atoms with E-state index in [1.165, 1.54) is 18.2 Å². The summed E-state index contributed by atoms with van der Waals surface area (Å²) in [5, 5.41) is 30.7. The van der Waals surface area contributed by atoms with Gasteiger partial charge < -0.3 is 48.7 Å². The van der Waals surface area contributed by atoms with E-state index in [1.807, 2.05) is 12.1 Å². The highest BCUT2D eigenvalue weighted by Crippen LogP contribution is 2.28. The third kappa shape index (κ3) is 9.77. The van der Waals surface area contributed by atoms with Crippen LogP contribution in [0.4, 0.5) is 0 Å². The number of phenolic OH excluding ortho intramolecular Hbond substituents is 2. The normalized spacial score (nSPS) is 18.7. The fourth-order valence-corrected chi connectivity index (χ4v) is 5.37. The molecule has 0 spiro atoms. The predicted octanol–water partition coefficient (Wildman–Crippen LogP) is -0.772. The lowest BCUT2D eigenvalue weighted by molar-refractivity contribution is -0.134. The SMILES string of the molecule is NCCC[C@@H]1NC(=O)[C@@H](N)Cc2cc(ccc2O)-c2cccc(c2)C[C@@H](C(=O)N[C@@H](Cc2ccc(O)cc2)C(=O)NCC(N)=O)NC1=O. The summed E-state index contributed by atoms with van der Waals surface area (Å²) in [7, 11) is 0. The van der Waals surface area contributed by atoms with E-state index in [9.17, 15) is 34.2 Å². The van der Waals surface area contributed by atoms with Crippen molar-refractivity contribution in [1.29, 1.82) is 0 Å². The smallest absolute Gasteiger partial charge is 0.243 e. The van der Waals surface area contributed by atoms with Gasteiger partial charge in [0.2, 0.25) is 29.5 Å². The molecule has 0 unspecified atom stereocenters. The Labute approximate surface area is 277 Å². The van der Waals surface area contributed by atoms with Gasteiger partial charge in [0.15, 0.2) is 0 Å². The van der Waals surface area contributed by atoms with Gasteiger partial charge in [-0.05, 0) is 71.5 Å². The van der Waals surface area contributed by atoms with Crippen molar-refractivity contribution < 1.29 is 34.2 Å². The van der Waals surface area contributed by atoms with Crippen molar-refractivity contribution in [3.63, 3.8) is 0 Å². The number of phenols is 2. The first kappa shape index (κ1) is 35.4. The lowest BCUT2D eigenvalue weighted by atomic mass is 9.96. The van der Waals surface area contributed by atoms with Crippen molar-refractivity contribution >= 4 is 29.5 Å². The van der Waals surface area contributed by atoms with Gasteiger partial charge in [0, 0.05) is 19.3 Å². The second kappa shape index (κ2) is 16.4. The number of amides is 5. The molecular weight excluding hydrogens is 618 g/mol. The van der Waals surface area contributed by atoms with Crippen LogP contribution >= 0.6 is 0 Å². The molecule has 0 radical (unpaired) electrons. The molecule has 0 aliphatic carbocycles. The van der Waals surface area contributed by atoms with E-state index >= 15 is 0 Å². The Morgan fingerprint density at radius 3 is 2.35 bits per heavy atom. The van der Waals surface area contributed by atoms with Gasteiger partial charge in [-0.1, -0.05) is 42.5 Å². The van der Waals surface area contributed by atoms with Crippen LogP contribution in [-0.2, 0) is 43.2 Å². The van der Waals surface area contributed by atoms with Crippen molar-refractivity contribution in [1.82, 2.24) is 21.3 Å². The Hall–Kier alpha value is -5.47. The van der Waals surface area contributed by atoms with Crippen molar-refractivity contribution in [2.45, 2.75) is 56.3 Å². The Morgan fingerprint density at radius 2 is 1.65 bits per heavy atom. The maximum absolute atomic E-state index is 14.0. The Bertz CT molecular complexity index is 1650. The Morgan fingerprint density at radius 1 is 0.917 bits per heavy atom. The van der Waals surface area contributed by atoms with E-state index in [0.717, 1.165) is 11.1 Å². The fraction of sp³-hybridized carbons (Fsp3) is 0.324. The summed E-state index contributed by atoms with van der Waals surface area (Å²) in [6.07, 6.45) is 0.529. The van der Waals surface area contributed by atoms with Gasteiger partial charge in [0.05, 0.1) is 12.6 Å². The minimum absolute atomic E-state index is 0.00168. The molecule has 4 bridgehead atoms. The molecule has 3 aromatic carbocycles. The molecule has 4 rings (SSSR count). The van der Waals surface area contributed by atoms with Crippen LogP contribution in [0.15, 0.2) is 66.7 Å². The zero-order valence-corrected chi connectivity index (χ0v) is 26.3. The molecule has 14 nitrogen and oxygen atoms in total. The summed E-state index contributed by atoms with van der Waals surface area (Å²) in [6, 6.07) is 13.6. The van der Waals surface area contributed by atoms with Gasteiger partial charge in [-0.2, -0.15) is 0 Å². The fourth-order valence-electron chi connectivity index (χ4n) is 5.37. The highest BCUT2D eigenvalue weighted by molar-refractivity contribution is 5.95. The van der Waals surface area contributed by atoms with Crippen molar-refractivity contribution in [2.24, 2.45) is 17.2 Å². The van der Waals surface area contributed by atoms with Crippen LogP contribution in [0.2, 0.25) is 0 Å². The van der Waals surface area contributed by atoms with Crippen LogP contribution in [0, 0.1) is 0 Å². The summed E-state index contributed by atoms with van der Waals surface area (Å²) in [6.45, 7) is -0.222. The molecule has 254 valence electrons. The first-order valence-electron chi connectivity index (χ1n) is 15.6. The second-order valence-electron chi connectivity index (χ2n) is 11.7. The number of fused-ring (bicyclic) bond motifs is 5. The number of nitrogens with two attached hydrogens (primary N) is 3. The van der Waals surface area contributed by atoms with Crippen LogP contribution in [0.25, 0.3) is 11.1 Å².